The predicted molar refractivity (Wildman–Crippen MR) is 107 cm³/mol. The molecule has 1 aromatic heterocycles. The van der Waals surface area contributed by atoms with Crippen LogP contribution in [0, 0.1) is 0 Å². The van der Waals surface area contributed by atoms with E-state index >= 15 is 0 Å². The van der Waals surface area contributed by atoms with Gasteiger partial charge in [-0.2, -0.15) is 0 Å². The zero-order valence-corrected chi connectivity index (χ0v) is 16.2. The second kappa shape index (κ2) is 8.79. The quantitative estimate of drug-likeness (QED) is 0.575. The van der Waals surface area contributed by atoms with E-state index in [0.29, 0.717) is 21.7 Å². The second-order valence-corrected chi connectivity index (χ2v) is 6.85. The van der Waals surface area contributed by atoms with Gasteiger partial charge in [0.05, 0.1) is 13.5 Å². The van der Waals surface area contributed by atoms with Gasteiger partial charge in [0.25, 0.3) is 0 Å². The highest BCUT2D eigenvalue weighted by molar-refractivity contribution is 6.30. The molecule has 29 heavy (non-hydrogen) atoms. The third-order valence-corrected chi connectivity index (χ3v) is 4.63. The number of benzene rings is 2. The molecule has 0 saturated carbocycles. The van der Waals surface area contributed by atoms with Crippen molar-refractivity contribution in [2.45, 2.75) is 18.9 Å². The summed E-state index contributed by atoms with van der Waals surface area (Å²) in [4.78, 5) is 35.9. The molecule has 0 aliphatic rings. The highest BCUT2D eigenvalue weighted by Crippen LogP contribution is 2.23. The third-order valence-electron chi connectivity index (χ3n) is 4.37. The first kappa shape index (κ1) is 20.4. The van der Waals surface area contributed by atoms with E-state index in [9.17, 15) is 19.5 Å². The van der Waals surface area contributed by atoms with Crippen LogP contribution in [0.15, 0.2) is 57.7 Å². The number of carbonyl (C=O) groups is 2. The maximum absolute atomic E-state index is 12.5. The molecule has 0 radical (unpaired) electrons. The Morgan fingerprint density at radius 2 is 1.90 bits per heavy atom. The van der Waals surface area contributed by atoms with Crippen LogP contribution in [0.5, 0.6) is 5.75 Å². The standard InChI is InChI=1S/C21H18ClNO6/c1-28-15-6-7-16-13(10-20(25)29-18(16)11-15)9-19(24)23-17(21(26)27)8-12-2-4-14(22)5-3-12/h2-7,10-11,17H,8-9H2,1H3,(H,23,24)(H,26,27)/t17-/m0/s1. The summed E-state index contributed by atoms with van der Waals surface area (Å²) >= 11 is 5.84. The van der Waals surface area contributed by atoms with Crippen LogP contribution < -0.4 is 15.7 Å². The SMILES string of the molecule is COc1ccc2c(CC(=O)N[C@@H](Cc3ccc(Cl)cc3)C(=O)O)cc(=O)oc2c1. The largest absolute Gasteiger partial charge is 0.497 e. The molecule has 150 valence electrons. The first-order valence-corrected chi connectivity index (χ1v) is 9.11. The lowest BCUT2D eigenvalue weighted by atomic mass is 10.0. The van der Waals surface area contributed by atoms with E-state index in [1.54, 1.807) is 42.5 Å². The van der Waals surface area contributed by atoms with Crippen molar-refractivity contribution in [1.29, 1.82) is 0 Å². The number of ether oxygens (including phenoxy) is 1. The fourth-order valence-electron chi connectivity index (χ4n) is 2.96. The minimum atomic E-state index is -1.16. The van der Waals surface area contributed by atoms with Crippen molar-refractivity contribution >= 4 is 34.4 Å². The van der Waals surface area contributed by atoms with Crippen LogP contribution in [-0.2, 0) is 22.4 Å². The summed E-state index contributed by atoms with van der Waals surface area (Å²) in [6.07, 6.45) is -0.0635. The van der Waals surface area contributed by atoms with Crippen LogP contribution in [0.4, 0.5) is 0 Å². The fourth-order valence-corrected chi connectivity index (χ4v) is 3.08. The minimum Gasteiger partial charge on any atom is -0.497 e. The number of rotatable bonds is 7. The number of carbonyl (C=O) groups excluding carboxylic acids is 1. The molecule has 1 amide bonds. The molecule has 0 bridgehead atoms. The number of carboxylic acid groups (broad SMARTS) is 1. The smallest absolute Gasteiger partial charge is 0.336 e. The second-order valence-electron chi connectivity index (χ2n) is 6.42. The van der Waals surface area contributed by atoms with E-state index < -0.39 is 23.5 Å². The normalized spacial score (nSPS) is 11.8. The molecule has 1 atom stereocenters. The van der Waals surface area contributed by atoms with Gasteiger partial charge in [-0.1, -0.05) is 23.7 Å². The van der Waals surface area contributed by atoms with Crippen molar-refractivity contribution in [2.75, 3.05) is 7.11 Å². The summed E-state index contributed by atoms with van der Waals surface area (Å²) in [7, 11) is 1.49. The van der Waals surface area contributed by atoms with Gasteiger partial charge in [-0.3, -0.25) is 4.79 Å². The molecule has 8 heteroatoms. The average molecular weight is 416 g/mol. The summed E-state index contributed by atoms with van der Waals surface area (Å²) in [5.41, 5.74) is 0.840. The van der Waals surface area contributed by atoms with E-state index in [1.807, 2.05) is 0 Å². The van der Waals surface area contributed by atoms with Gasteiger partial charge in [-0.05, 0) is 35.4 Å². The number of halogens is 1. The molecule has 3 aromatic rings. The Hall–Kier alpha value is -3.32. The van der Waals surface area contributed by atoms with Crippen molar-refractivity contribution < 1.29 is 23.8 Å². The Kier molecular flexibility index (Phi) is 6.19. The number of nitrogens with one attached hydrogen (secondary N) is 1. The Labute approximate surface area is 170 Å². The summed E-state index contributed by atoms with van der Waals surface area (Å²) < 4.78 is 10.3. The number of aliphatic carboxylic acids is 1. The van der Waals surface area contributed by atoms with Gasteiger partial charge in [0, 0.05) is 29.0 Å². The number of fused-ring (bicyclic) bond motifs is 1. The van der Waals surface area contributed by atoms with Gasteiger partial charge >= 0.3 is 11.6 Å². The van der Waals surface area contributed by atoms with E-state index in [1.165, 1.54) is 13.2 Å². The topological polar surface area (TPSA) is 106 Å². The van der Waals surface area contributed by atoms with Crippen LogP contribution in [-0.4, -0.2) is 30.1 Å². The Balaban J connectivity index is 1.78. The van der Waals surface area contributed by atoms with Gasteiger partial charge in [0.1, 0.15) is 17.4 Å². The number of amides is 1. The Morgan fingerprint density at radius 1 is 1.17 bits per heavy atom. The molecule has 3 rings (SSSR count). The molecule has 2 aromatic carbocycles. The maximum Gasteiger partial charge on any atom is 0.336 e. The molecule has 0 spiro atoms. The van der Waals surface area contributed by atoms with E-state index in [2.05, 4.69) is 5.32 Å². The molecule has 0 unspecified atom stereocenters. The summed E-state index contributed by atoms with van der Waals surface area (Å²) in [5.74, 6) is -1.17. The average Bonchev–Trinajstić information content (AvgIpc) is 2.68. The van der Waals surface area contributed by atoms with Crippen molar-refractivity contribution in [3.8, 4) is 5.75 Å². The molecule has 0 aliphatic heterocycles. The molecule has 7 nitrogen and oxygen atoms in total. The molecule has 0 fully saturated rings. The summed E-state index contributed by atoms with van der Waals surface area (Å²) in [6, 6.07) is 11.7. The van der Waals surface area contributed by atoms with Crippen LogP contribution in [0.1, 0.15) is 11.1 Å². The molecular formula is C21H18ClNO6. The number of hydrogen-bond acceptors (Lipinski definition) is 5. The fraction of sp³-hybridized carbons (Fsp3) is 0.190. The van der Waals surface area contributed by atoms with Crippen LogP contribution >= 0.6 is 11.6 Å². The molecular weight excluding hydrogens is 398 g/mol. The lowest BCUT2D eigenvalue weighted by Gasteiger charge is -2.15. The van der Waals surface area contributed by atoms with Gasteiger partial charge in [-0.25, -0.2) is 9.59 Å². The zero-order valence-electron chi connectivity index (χ0n) is 15.5. The lowest BCUT2D eigenvalue weighted by Crippen LogP contribution is -2.43. The van der Waals surface area contributed by atoms with Crippen LogP contribution in [0.3, 0.4) is 0 Å². The van der Waals surface area contributed by atoms with Gasteiger partial charge < -0.3 is 19.6 Å². The Morgan fingerprint density at radius 3 is 2.55 bits per heavy atom. The minimum absolute atomic E-state index is 0.104. The molecule has 1 heterocycles. The lowest BCUT2D eigenvalue weighted by molar-refractivity contribution is -0.141. The first-order valence-electron chi connectivity index (χ1n) is 8.73. The van der Waals surface area contributed by atoms with E-state index in [0.717, 1.165) is 5.56 Å². The van der Waals surface area contributed by atoms with Gasteiger partial charge in [-0.15, -0.1) is 0 Å². The van der Waals surface area contributed by atoms with Crippen molar-refractivity contribution in [1.82, 2.24) is 5.32 Å². The zero-order chi connectivity index (χ0) is 21.0. The van der Waals surface area contributed by atoms with Crippen molar-refractivity contribution in [3.05, 3.63) is 75.1 Å². The van der Waals surface area contributed by atoms with Crippen molar-refractivity contribution in [3.63, 3.8) is 0 Å². The molecule has 2 N–H and O–H groups in total. The van der Waals surface area contributed by atoms with Gasteiger partial charge in [0.2, 0.25) is 5.91 Å². The first-order chi connectivity index (χ1) is 13.9. The number of methoxy groups -OCH3 is 1. The van der Waals surface area contributed by atoms with Crippen LogP contribution in [0.2, 0.25) is 5.02 Å². The highest BCUT2D eigenvalue weighted by atomic mass is 35.5. The van der Waals surface area contributed by atoms with Crippen molar-refractivity contribution in [2.24, 2.45) is 0 Å². The number of carboxylic acids is 1. The van der Waals surface area contributed by atoms with E-state index in [-0.39, 0.29) is 18.4 Å². The molecule has 0 aliphatic carbocycles. The maximum atomic E-state index is 12.5. The summed E-state index contributed by atoms with van der Waals surface area (Å²) in [5, 5.41) is 13.1. The number of hydrogen-bond donors (Lipinski definition) is 2. The summed E-state index contributed by atoms with van der Waals surface area (Å²) in [6.45, 7) is 0. The van der Waals surface area contributed by atoms with E-state index in [4.69, 9.17) is 20.8 Å². The highest BCUT2D eigenvalue weighted by Gasteiger charge is 2.21. The predicted octanol–water partition coefficient (Wildman–Crippen LogP) is 2.81. The third kappa shape index (κ3) is 5.14. The molecule has 0 saturated heterocycles. The monoisotopic (exact) mass is 415 g/mol. The van der Waals surface area contributed by atoms with Gasteiger partial charge in [0.15, 0.2) is 0 Å². The Bertz CT molecular complexity index is 1110. The van der Waals surface area contributed by atoms with Crippen LogP contribution in [0.25, 0.3) is 11.0 Å².